The van der Waals surface area contributed by atoms with Crippen LogP contribution in [-0.2, 0) is 17.3 Å². The highest BCUT2D eigenvalue weighted by molar-refractivity contribution is 7.87. The molecule has 2 aromatic rings. The summed E-state index contributed by atoms with van der Waals surface area (Å²) in [5.41, 5.74) is 0. The number of aryl methyl sites for hydroxylation is 1. The van der Waals surface area contributed by atoms with Gasteiger partial charge in [0.1, 0.15) is 0 Å². The highest BCUT2D eigenvalue weighted by Crippen LogP contribution is 2.13. The van der Waals surface area contributed by atoms with Crippen molar-refractivity contribution in [1.29, 1.82) is 0 Å². The molecular formula is C9H10N2OS2. The molecule has 3 nitrogen and oxygen atoms in total. The van der Waals surface area contributed by atoms with Crippen LogP contribution >= 0.6 is 11.3 Å². The maximum atomic E-state index is 11.7. The maximum Gasteiger partial charge on any atom is 0.0911 e. The van der Waals surface area contributed by atoms with Crippen LogP contribution in [0.3, 0.4) is 0 Å². The SMILES string of the molecule is O=[S@@](CCn1cccn1)c1cccs1. The van der Waals surface area contributed by atoms with Gasteiger partial charge in [0, 0.05) is 18.1 Å². The van der Waals surface area contributed by atoms with Crippen molar-refractivity contribution in [3.05, 3.63) is 36.0 Å². The number of rotatable bonds is 4. The first-order valence-corrected chi connectivity index (χ1v) is 6.45. The van der Waals surface area contributed by atoms with E-state index >= 15 is 0 Å². The Bertz CT molecular complexity index is 394. The molecule has 0 aromatic carbocycles. The Morgan fingerprint density at radius 1 is 1.50 bits per heavy atom. The fraction of sp³-hybridized carbons (Fsp3) is 0.222. The van der Waals surface area contributed by atoms with Crippen molar-refractivity contribution in [2.45, 2.75) is 10.8 Å². The number of thiophene rings is 1. The van der Waals surface area contributed by atoms with E-state index in [9.17, 15) is 4.21 Å². The number of aromatic nitrogens is 2. The van der Waals surface area contributed by atoms with Crippen molar-refractivity contribution in [2.75, 3.05) is 5.75 Å². The van der Waals surface area contributed by atoms with E-state index in [0.717, 1.165) is 4.21 Å². The van der Waals surface area contributed by atoms with E-state index in [2.05, 4.69) is 5.10 Å². The molecule has 0 radical (unpaired) electrons. The van der Waals surface area contributed by atoms with Crippen LogP contribution in [0.15, 0.2) is 40.2 Å². The number of hydrogen-bond donors (Lipinski definition) is 0. The summed E-state index contributed by atoms with van der Waals surface area (Å²) >= 11 is 1.54. The molecule has 0 unspecified atom stereocenters. The first-order valence-electron chi connectivity index (χ1n) is 4.25. The van der Waals surface area contributed by atoms with Gasteiger partial charge in [0.2, 0.25) is 0 Å². The Balaban J connectivity index is 1.90. The lowest BCUT2D eigenvalue weighted by Crippen LogP contribution is -2.07. The standard InChI is InChI=1S/C9H10N2OS2/c12-14(9-3-1-7-13-9)8-6-11-5-2-4-10-11/h1-5,7H,6,8H2/t14-/m0/s1. The zero-order chi connectivity index (χ0) is 9.80. The smallest absolute Gasteiger partial charge is 0.0911 e. The van der Waals surface area contributed by atoms with Crippen LogP contribution in [0.5, 0.6) is 0 Å². The van der Waals surface area contributed by atoms with Crippen molar-refractivity contribution in [3.63, 3.8) is 0 Å². The van der Waals surface area contributed by atoms with Gasteiger partial charge in [-0.25, -0.2) is 0 Å². The zero-order valence-electron chi connectivity index (χ0n) is 7.50. The van der Waals surface area contributed by atoms with E-state index < -0.39 is 10.8 Å². The third kappa shape index (κ3) is 2.30. The first-order chi connectivity index (χ1) is 6.86. The van der Waals surface area contributed by atoms with Crippen LogP contribution < -0.4 is 0 Å². The lowest BCUT2D eigenvalue weighted by atomic mass is 10.7. The lowest BCUT2D eigenvalue weighted by Gasteiger charge is -1.99. The normalized spacial score (nSPS) is 12.9. The molecule has 0 saturated heterocycles. The molecule has 0 fully saturated rings. The number of nitrogens with zero attached hydrogens (tertiary/aromatic N) is 2. The van der Waals surface area contributed by atoms with Gasteiger partial charge in [-0.1, -0.05) is 6.07 Å². The summed E-state index contributed by atoms with van der Waals surface area (Å²) in [6, 6.07) is 5.70. The predicted molar refractivity (Wildman–Crippen MR) is 57.8 cm³/mol. The quantitative estimate of drug-likeness (QED) is 0.796. The van der Waals surface area contributed by atoms with Crippen molar-refractivity contribution in [1.82, 2.24) is 9.78 Å². The largest absolute Gasteiger partial charge is 0.272 e. The summed E-state index contributed by atoms with van der Waals surface area (Å²) < 4.78 is 14.4. The Kier molecular flexibility index (Phi) is 3.10. The summed E-state index contributed by atoms with van der Waals surface area (Å²) in [6.07, 6.45) is 3.61. The van der Waals surface area contributed by atoms with Gasteiger partial charge in [-0.15, -0.1) is 11.3 Å². The molecule has 0 saturated carbocycles. The second kappa shape index (κ2) is 4.52. The van der Waals surface area contributed by atoms with Gasteiger partial charge in [-0.05, 0) is 17.5 Å². The van der Waals surface area contributed by atoms with Gasteiger partial charge < -0.3 is 0 Å². The summed E-state index contributed by atoms with van der Waals surface area (Å²) in [6.45, 7) is 0.706. The van der Waals surface area contributed by atoms with Crippen LogP contribution in [0.4, 0.5) is 0 Å². The highest BCUT2D eigenvalue weighted by atomic mass is 32.2. The molecule has 0 aliphatic rings. The molecule has 14 heavy (non-hydrogen) atoms. The average Bonchev–Trinajstić information content (AvgIpc) is 2.87. The Labute approximate surface area is 88.8 Å². The average molecular weight is 226 g/mol. The van der Waals surface area contributed by atoms with E-state index in [1.165, 1.54) is 11.3 Å². The summed E-state index contributed by atoms with van der Waals surface area (Å²) in [7, 11) is -0.879. The van der Waals surface area contributed by atoms with E-state index in [1.807, 2.05) is 29.8 Å². The van der Waals surface area contributed by atoms with Crippen molar-refractivity contribution < 1.29 is 4.21 Å². The minimum absolute atomic E-state index is 0.627. The van der Waals surface area contributed by atoms with Crippen molar-refractivity contribution in [2.24, 2.45) is 0 Å². The van der Waals surface area contributed by atoms with Crippen molar-refractivity contribution in [3.8, 4) is 0 Å². The van der Waals surface area contributed by atoms with Gasteiger partial charge in [0.15, 0.2) is 0 Å². The van der Waals surface area contributed by atoms with E-state index in [0.29, 0.717) is 12.3 Å². The van der Waals surface area contributed by atoms with Crippen molar-refractivity contribution >= 4 is 22.1 Å². The van der Waals surface area contributed by atoms with Gasteiger partial charge in [0.05, 0.1) is 21.6 Å². The molecule has 74 valence electrons. The van der Waals surface area contributed by atoms with Crippen LogP contribution in [0.2, 0.25) is 0 Å². The Morgan fingerprint density at radius 3 is 3.07 bits per heavy atom. The van der Waals surface area contributed by atoms with E-state index in [1.54, 1.807) is 10.9 Å². The predicted octanol–water partition coefficient (Wildman–Crippen LogP) is 1.75. The molecule has 2 heterocycles. The maximum absolute atomic E-state index is 11.7. The van der Waals surface area contributed by atoms with Crippen LogP contribution in [-0.4, -0.2) is 19.7 Å². The Hall–Kier alpha value is -0.940. The molecular weight excluding hydrogens is 216 g/mol. The minimum Gasteiger partial charge on any atom is -0.272 e. The molecule has 0 spiro atoms. The second-order valence-corrected chi connectivity index (χ2v) is 5.50. The molecule has 1 atom stereocenters. The van der Waals surface area contributed by atoms with E-state index in [-0.39, 0.29) is 0 Å². The highest BCUT2D eigenvalue weighted by Gasteiger charge is 2.04. The fourth-order valence-electron chi connectivity index (χ4n) is 1.10. The summed E-state index contributed by atoms with van der Waals surface area (Å²) in [4.78, 5) is 0. The molecule has 0 N–H and O–H groups in total. The van der Waals surface area contributed by atoms with Gasteiger partial charge in [-0.2, -0.15) is 5.10 Å². The summed E-state index contributed by atoms with van der Waals surface area (Å²) in [5, 5.41) is 6.00. The first kappa shape index (κ1) is 9.61. The third-order valence-electron chi connectivity index (χ3n) is 1.78. The Morgan fingerprint density at radius 2 is 2.43 bits per heavy atom. The monoisotopic (exact) mass is 226 g/mol. The van der Waals surface area contributed by atoms with Gasteiger partial charge in [-0.3, -0.25) is 8.89 Å². The molecule has 5 heteroatoms. The third-order valence-corrected chi connectivity index (χ3v) is 4.43. The van der Waals surface area contributed by atoms with Gasteiger partial charge in [0.25, 0.3) is 0 Å². The molecule has 0 amide bonds. The number of hydrogen-bond acceptors (Lipinski definition) is 3. The van der Waals surface area contributed by atoms with Crippen LogP contribution in [0.25, 0.3) is 0 Å². The fourth-order valence-corrected chi connectivity index (χ4v) is 3.18. The molecule has 0 aliphatic heterocycles. The second-order valence-electron chi connectivity index (χ2n) is 2.75. The van der Waals surface area contributed by atoms with Crippen LogP contribution in [0, 0.1) is 0 Å². The summed E-state index contributed by atoms with van der Waals surface area (Å²) in [5.74, 6) is 0.627. The topological polar surface area (TPSA) is 34.9 Å². The molecule has 0 bridgehead atoms. The lowest BCUT2D eigenvalue weighted by molar-refractivity contribution is 0.645. The van der Waals surface area contributed by atoms with E-state index in [4.69, 9.17) is 0 Å². The molecule has 2 rings (SSSR count). The van der Waals surface area contributed by atoms with Gasteiger partial charge >= 0.3 is 0 Å². The minimum atomic E-state index is -0.879. The molecule has 0 aliphatic carbocycles. The molecule has 2 aromatic heterocycles. The van der Waals surface area contributed by atoms with Crippen LogP contribution in [0.1, 0.15) is 0 Å². The zero-order valence-corrected chi connectivity index (χ0v) is 9.13.